The van der Waals surface area contributed by atoms with E-state index in [1.807, 2.05) is 0 Å². The summed E-state index contributed by atoms with van der Waals surface area (Å²) < 4.78 is 37.0. The van der Waals surface area contributed by atoms with Gasteiger partial charge in [0, 0.05) is 4.90 Å². The van der Waals surface area contributed by atoms with Gasteiger partial charge in [0.2, 0.25) is 11.8 Å². The Kier molecular flexibility index (Phi) is 6.73. The molecular formula is C18H17F2NO5S. The van der Waals surface area contributed by atoms with E-state index in [0.29, 0.717) is 0 Å². The van der Waals surface area contributed by atoms with Crippen LogP contribution in [-0.2, 0) is 9.53 Å². The molecule has 0 fully saturated rings. The average Bonchev–Trinajstić information content (AvgIpc) is 2.92. The Balaban J connectivity index is 2.19. The van der Waals surface area contributed by atoms with E-state index in [-0.39, 0.29) is 40.0 Å². The highest BCUT2D eigenvalue weighted by atomic mass is 32.2. The van der Waals surface area contributed by atoms with Crippen molar-refractivity contribution in [1.29, 1.82) is 0 Å². The number of Topliss-reactive ketones (excluding diaryl/α,β-unsaturated/α-hetero) is 1. The zero-order valence-corrected chi connectivity index (χ0v) is 15.7. The third-order valence-corrected chi connectivity index (χ3v) is 4.45. The molecule has 2 rings (SSSR count). The molecule has 9 heteroatoms. The fraction of sp³-hybridized carbons (Fsp3) is 0.278. The maximum Gasteiger partial charge on any atom is 0.344 e. The normalized spacial score (nSPS) is 10.6. The lowest BCUT2D eigenvalue weighted by Gasteiger charge is -2.06. The summed E-state index contributed by atoms with van der Waals surface area (Å²) in [6.45, 7) is 4.41. The molecule has 27 heavy (non-hydrogen) atoms. The Morgan fingerprint density at radius 3 is 2.56 bits per heavy atom. The number of nitrogens with one attached hydrogen (secondary N) is 1. The number of ether oxygens (including phenoxy) is 1. The molecule has 0 saturated heterocycles. The number of ketones is 1. The first-order valence-electron chi connectivity index (χ1n) is 7.93. The van der Waals surface area contributed by atoms with Crippen molar-refractivity contribution in [3.8, 4) is 0 Å². The Hall–Kier alpha value is -2.68. The van der Waals surface area contributed by atoms with Crippen LogP contribution in [0.1, 0.15) is 40.3 Å². The number of esters is 1. The minimum Gasteiger partial charge on any atom is -0.462 e. The molecule has 0 saturated carbocycles. The maximum atomic E-state index is 13.6. The molecule has 0 spiro atoms. The van der Waals surface area contributed by atoms with Crippen molar-refractivity contribution in [2.24, 2.45) is 0 Å². The average molecular weight is 397 g/mol. The highest BCUT2D eigenvalue weighted by Crippen LogP contribution is 2.29. The summed E-state index contributed by atoms with van der Waals surface area (Å²) in [5, 5.41) is 2.37. The SMILES string of the molecule is CCOC(=O)c1c(NC(=O)CSc2cc(F)ccc2F)oc(C)c1C(C)=O. The molecule has 1 heterocycles. The van der Waals surface area contributed by atoms with Crippen molar-refractivity contribution in [2.75, 3.05) is 17.7 Å². The molecule has 0 aliphatic heterocycles. The first-order valence-corrected chi connectivity index (χ1v) is 8.92. The quantitative estimate of drug-likeness (QED) is 0.432. The summed E-state index contributed by atoms with van der Waals surface area (Å²) in [4.78, 5) is 36.1. The molecule has 0 unspecified atom stereocenters. The third kappa shape index (κ3) is 4.94. The van der Waals surface area contributed by atoms with Crippen LogP contribution in [-0.4, -0.2) is 30.0 Å². The van der Waals surface area contributed by atoms with Gasteiger partial charge in [0.1, 0.15) is 23.0 Å². The molecule has 0 aliphatic carbocycles. The first kappa shape index (κ1) is 20.6. The van der Waals surface area contributed by atoms with Gasteiger partial charge in [-0.3, -0.25) is 14.9 Å². The second-order valence-corrected chi connectivity index (χ2v) is 6.44. The van der Waals surface area contributed by atoms with Crippen LogP contribution in [0.15, 0.2) is 27.5 Å². The third-order valence-electron chi connectivity index (χ3n) is 3.42. The van der Waals surface area contributed by atoms with E-state index in [1.165, 1.54) is 13.8 Å². The number of amides is 1. The van der Waals surface area contributed by atoms with Gasteiger partial charge in [-0.2, -0.15) is 0 Å². The lowest BCUT2D eigenvalue weighted by atomic mass is 10.1. The van der Waals surface area contributed by atoms with Crippen molar-refractivity contribution in [3.63, 3.8) is 0 Å². The summed E-state index contributed by atoms with van der Waals surface area (Å²) in [6, 6.07) is 2.91. The Morgan fingerprint density at radius 2 is 1.93 bits per heavy atom. The van der Waals surface area contributed by atoms with Crippen molar-refractivity contribution in [3.05, 3.63) is 46.7 Å². The lowest BCUT2D eigenvalue weighted by molar-refractivity contribution is -0.113. The van der Waals surface area contributed by atoms with E-state index in [9.17, 15) is 23.2 Å². The maximum absolute atomic E-state index is 13.6. The van der Waals surface area contributed by atoms with Gasteiger partial charge in [0.25, 0.3) is 0 Å². The topological polar surface area (TPSA) is 85.6 Å². The van der Waals surface area contributed by atoms with Crippen LogP contribution in [0.25, 0.3) is 0 Å². The fourth-order valence-corrected chi connectivity index (χ4v) is 3.11. The van der Waals surface area contributed by atoms with Crippen LogP contribution in [0.2, 0.25) is 0 Å². The largest absolute Gasteiger partial charge is 0.462 e. The van der Waals surface area contributed by atoms with Crippen LogP contribution in [0.4, 0.5) is 14.7 Å². The minimum atomic E-state index is -0.807. The first-order chi connectivity index (χ1) is 12.7. The molecule has 0 bridgehead atoms. The van der Waals surface area contributed by atoms with Gasteiger partial charge in [0.15, 0.2) is 5.78 Å². The molecular weight excluding hydrogens is 380 g/mol. The zero-order valence-electron chi connectivity index (χ0n) is 14.9. The second-order valence-electron chi connectivity index (χ2n) is 5.43. The molecule has 1 N–H and O–H groups in total. The Morgan fingerprint density at radius 1 is 1.22 bits per heavy atom. The predicted octanol–water partition coefficient (Wildman–Crippen LogP) is 3.98. The number of anilines is 1. The van der Waals surface area contributed by atoms with Gasteiger partial charge < -0.3 is 9.15 Å². The Bertz CT molecular complexity index is 894. The van der Waals surface area contributed by atoms with E-state index >= 15 is 0 Å². The molecule has 1 amide bonds. The molecule has 0 aliphatic rings. The van der Waals surface area contributed by atoms with Crippen LogP contribution in [0, 0.1) is 18.6 Å². The number of rotatable bonds is 7. The van der Waals surface area contributed by atoms with E-state index in [4.69, 9.17) is 9.15 Å². The van der Waals surface area contributed by atoms with E-state index in [0.717, 1.165) is 30.0 Å². The number of hydrogen-bond acceptors (Lipinski definition) is 6. The van der Waals surface area contributed by atoms with E-state index in [2.05, 4.69) is 5.32 Å². The van der Waals surface area contributed by atoms with Gasteiger partial charge in [0.05, 0.1) is 17.9 Å². The predicted molar refractivity (Wildman–Crippen MR) is 95.1 cm³/mol. The van der Waals surface area contributed by atoms with Gasteiger partial charge in [-0.15, -0.1) is 11.8 Å². The number of halogens is 2. The highest BCUT2D eigenvalue weighted by molar-refractivity contribution is 8.00. The zero-order chi connectivity index (χ0) is 20.1. The summed E-state index contributed by atoms with van der Waals surface area (Å²) in [5.41, 5.74) is -0.148. The fourth-order valence-electron chi connectivity index (χ4n) is 2.35. The van der Waals surface area contributed by atoms with Gasteiger partial charge in [-0.05, 0) is 39.0 Å². The van der Waals surface area contributed by atoms with Crippen molar-refractivity contribution in [1.82, 2.24) is 0 Å². The number of carbonyl (C=O) groups excluding carboxylic acids is 3. The number of hydrogen-bond donors (Lipinski definition) is 1. The van der Waals surface area contributed by atoms with Crippen LogP contribution >= 0.6 is 11.8 Å². The monoisotopic (exact) mass is 397 g/mol. The van der Waals surface area contributed by atoms with Crippen molar-refractivity contribution >= 4 is 35.3 Å². The molecule has 0 radical (unpaired) electrons. The molecule has 6 nitrogen and oxygen atoms in total. The van der Waals surface area contributed by atoms with Gasteiger partial charge >= 0.3 is 5.97 Å². The number of thioether (sulfide) groups is 1. The number of benzene rings is 1. The van der Waals surface area contributed by atoms with Crippen molar-refractivity contribution in [2.45, 2.75) is 25.7 Å². The molecule has 1 aromatic heterocycles. The molecule has 144 valence electrons. The minimum absolute atomic E-state index is 0.0209. The Labute approximate surface area is 158 Å². The summed E-state index contributed by atoms with van der Waals surface area (Å²) in [5.74, 6) is -3.47. The molecule has 0 atom stereocenters. The van der Waals surface area contributed by atoms with Crippen LogP contribution in [0.5, 0.6) is 0 Å². The van der Waals surface area contributed by atoms with Crippen molar-refractivity contribution < 1.29 is 32.3 Å². The second kappa shape index (κ2) is 8.81. The smallest absolute Gasteiger partial charge is 0.344 e. The van der Waals surface area contributed by atoms with E-state index < -0.39 is 29.3 Å². The number of carbonyl (C=O) groups is 3. The standard InChI is InChI=1S/C18H17F2NO5S/c1-4-25-18(24)16-15(9(2)22)10(3)26-17(16)21-14(23)8-27-13-7-11(19)5-6-12(13)20/h5-7H,4,8H2,1-3H3,(H,21,23). The lowest BCUT2D eigenvalue weighted by Crippen LogP contribution is -2.17. The van der Waals surface area contributed by atoms with Gasteiger partial charge in [-0.25, -0.2) is 13.6 Å². The number of furan rings is 1. The highest BCUT2D eigenvalue weighted by Gasteiger charge is 2.28. The van der Waals surface area contributed by atoms with Crippen LogP contribution in [0.3, 0.4) is 0 Å². The summed E-state index contributed by atoms with van der Waals surface area (Å²) in [7, 11) is 0. The van der Waals surface area contributed by atoms with Gasteiger partial charge in [-0.1, -0.05) is 0 Å². The number of aryl methyl sites for hydroxylation is 1. The summed E-state index contributed by atoms with van der Waals surface area (Å²) in [6.07, 6.45) is 0. The molecule has 2 aromatic rings. The molecule has 1 aromatic carbocycles. The van der Waals surface area contributed by atoms with E-state index in [1.54, 1.807) is 6.92 Å². The summed E-state index contributed by atoms with van der Waals surface area (Å²) >= 11 is 0.779. The van der Waals surface area contributed by atoms with Crippen LogP contribution < -0.4 is 5.32 Å².